The molecule has 0 saturated carbocycles. The normalized spacial score (nSPS) is 10.2. The number of nitrogens with one attached hydrogen (secondary N) is 1. The number of hydrogen-bond donors (Lipinski definition) is 1. The number of aryl methyl sites for hydroxylation is 2. The van der Waals surface area contributed by atoms with E-state index in [0.717, 1.165) is 17.9 Å². The van der Waals surface area contributed by atoms with Crippen molar-refractivity contribution in [2.75, 3.05) is 5.32 Å². The molecule has 0 aliphatic rings. The molecule has 0 saturated heterocycles. The van der Waals surface area contributed by atoms with E-state index < -0.39 is 0 Å². The minimum Gasteiger partial charge on any atom is -0.340 e. The maximum Gasteiger partial charge on any atom is 0.130 e. The molecule has 0 aliphatic carbocycles. The number of hydrogen-bond acceptors (Lipinski definition) is 2. The summed E-state index contributed by atoms with van der Waals surface area (Å²) in [6.07, 6.45) is 4.15. The van der Waals surface area contributed by atoms with Gasteiger partial charge in [0, 0.05) is 11.9 Å². The van der Waals surface area contributed by atoms with Crippen molar-refractivity contribution in [3.63, 3.8) is 0 Å². The molecule has 0 radical (unpaired) electrons. The Hall–Kier alpha value is -1.83. The first-order valence-corrected chi connectivity index (χ1v) is 6.06. The maximum atomic E-state index is 4.28. The molecule has 0 aliphatic heterocycles. The van der Waals surface area contributed by atoms with Crippen LogP contribution in [0.3, 0.4) is 0 Å². The first kappa shape index (κ1) is 11.6. The van der Waals surface area contributed by atoms with Crippen LogP contribution in [0.4, 0.5) is 11.5 Å². The molecule has 0 fully saturated rings. The van der Waals surface area contributed by atoms with Crippen molar-refractivity contribution in [1.82, 2.24) is 4.98 Å². The first-order valence-electron chi connectivity index (χ1n) is 6.06. The average molecular weight is 226 g/mol. The highest BCUT2D eigenvalue weighted by molar-refractivity contribution is 5.56. The van der Waals surface area contributed by atoms with Crippen LogP contribution in [0.1, 0.15) is 24.5 Å². The van der Waals surface area contributed by atoms with Gasteiger partial charge in [0.1, 0.15) is 5.82 Å². The summed E-state index contributed by atoms with van der Waals surface area (Å²) in [6.45, 7) is 4.26. The maximum absolute atomic E-state index is 4.28. The molecule has 1 N–H and O–H groups in total. The lowest BCUT2D eigenvalue weighted by atomic mass is 10.1. The number of rotatable bonds is 4. The monoisotopic (exact) mass is 226 g/mol. The van der Waals surface area contributed by atoms with Crippen LogP contribution in [0.2, 0.25) is 0 Å². The van der Waals surface area contributed by atoms with Gasteiger partial charge in [-0.05, 0) is 48.7 Å². The number of anilines is 2. The van der Waals surface area contributed by atoms with Crippen LogP contribution in [0.25, 0.3) is 0 Å². The van der Waals surface area contributed by atoms with E-state index in [9.17, 15) is 0 Å². The predicted molar refractivity (Wildman–Crippen MR) is 72.7 cm³/mol. The quantitative estimate of drug-likeness (QED) is 0.849. The van der Waals surface area contributed by atoms with Crippen molar-refractivity contribution >= 4 is 11.5 Å². The third-order valence-electron chi connectivity index (χ3n) is 2.68. The minimum absolute atomic E-state index is 0.897. The fourth-order valence-corrected chi connectivity index (χ4v) is 1.80. The van der Waals surface area contributed by atoms with Crippen molar-refractivity contribution in [1.29, 1.82) is 0 Å². The molecule has 2 rings (SSSR count). The summed E-state index contributed by atoms with van der Waals surface area (Å²) < 4.78 is 0. The third-order valence-corrected chi connectivity index (χ3v) is 2.68. The number of aromatic nitrogens is 1. The summed E-state index contributed by atoms with van der Waals surface area (Å²) in [5.74, 6) is 0.897. The highest BCUT2D eigenvalue weighted by atomic mass is 15.0. The molecule has 1 aromatic carbocycles. The predicted octanol–water partition coefficient (Wildman–Crippen LogP) is 4.09. The topological polar surface area (TPSA) is 24.9 Å². The molecule has 1 heterocycles. The van der Waals surface area contributed by atoms with Gasteiger partial charge in [-0.15, -0.1) is 0 Å². The Bertz CT molecular complexity index is 475. The number of nitrogens with zero attached hydrogens (tertiary/aromatic N) is 1. The standard InChI is InChI=1S/C15H18N2/c1-3-4-13-5-7-14(8-6-13)17-15-11-12(2)9-10-16-15/h5-11H,3-4H2,1-2H3,(H,16,17). The van der Waals surface area contributed by atoms with Crippen LogP contribution < -0.4 is 5.32 Å². The van der Waals surface area contributed by atoms with Gasteiger partial charge in [0.05, 0.1) is 0 Å². The van der Waals surface area contributed by atoms with Gasteiger partial charge in [-0.25, -0.2) is 4.98 Å². The van der Waals surface area contributed by atoms with Crippen molar-refractivity contribution in [2.45, 2.75) is 26.7 Å². The van der Waals surface area contributed by atoms with E-state index in [1.54, 1.807) is 0 Å². The first-order chi connectivity index (χ1) is 8.28. The largest absolute Gasteiger partial charge is 0.340 e. The zero-order valence-corrected chi connectivity index (χ0v) is 10.4. The second-order valence-electron chi connectivity index (χ2n) is 4.29. The van der Waals surface area contributed by atoms with Gasteiger partial charge >= 0.3 is 0 Å². The van der Waals surface area contributed by atoms with Crippen LogP contribution >= 0.6 is 0 Å². The van der Waals surface area contributed by atoms with Crippen molar-refractivity contribution in [3.8, 4) is 0 Å². The van der Waals surface area contributed by atoms with E-state index in [4.69, 9.17) is 0 Å². The molecule has 0 spiro atoms. The molecule has 2 nitrogen and oxygen atoms in total. The molecule has 0 bridgehead atoms. The summed E-state index contributed by atoms with van der Waals surface area (Å²) in [7, 11) is 0. The molecule has 88 valence electrons. The average Bonchev–Trinajstić information content (AvgIpc) is 2.32. The molecule has 1 aromatic heterocycles. The van der Waals surface area contributed by atoms with E-state index in [2.05, 4.69) is 48.4 Å². The Kier molecular flexibility index (Phi) is 3.76. The van der Waals surface area contributed by atoms with Crippen LogP contribution in [0.15, 0.2) is 42.6 Å². The Morgan fingerprint density at radius 2 is 1.88 bits per heavy atom. The van der Waals surface area contributed by atoms with Crippen molar-refractivity contribution in [3.05, 3.63) is 53.7 Å². The smallest absolute Gasteiger partial charge is 0.130 e. The van der Waals surface area contributed by atoms with E-state index in [-0.39, 0.29) is 0 Å². The second-order valence-corrected chi connectivity index (χ2v) is 4.29. The Morgan fingerprint density at radius 3 is 2.53 bits per heavy atom. The molecule has 2 heteroatoms. The second kappa shape index (κ2) is 5.48. The summed E-state index contributed by atoms with van der Waals surface area (Å²) in [6, 6.07) is 12.6. The zero-order chi connectivity index (χ0) is 12.1. The van der Waals surface area contributed by atoms with Crippen LogP contribution in [-0.4, -0.2) is 4.98 Å². The van der Waals surface area contributed by atoms with Gasteiger partial charge in [0.15, 0.2) is 0 Å². The van der Waals surface area contributed by atoms with Crippen LogP contribution in [-0.2, 0) is 6.42 Å². The zero-order valence-electron chi connectivity index (χ0n) is 10.4. The van der Waals surface area contributed by atoms with Gasteiger partial charge in [-0.3, -0.25) is 0 Å². The highest BCUT2D eigenvalue weighted by Crippen LogP contribution is 2.16. The van der Waals surface area contributed by atoms with Gasteiger partial charge in [0.2, 0.25) is 0 Å². The summed E-state index contributed by atoms with van der Waals surface area (Å²) in [5.41, 5.74) is 3.68. The summed E-state index contributed by atoms with van der Waals surface area (Å²) in [5, 5.41) is 3.30. The van der Waals surface area contributed by atoms with Gasteiger partial charge in [-0.2, -0.15) is 0 Å². The molecule has 0 atom stereocenters. The lowest BCUT2D eigenvalue weighted by Gasteiger charge is -2.07. The molecule has 2 aromatic rings. The van der Waals surface area contributed by atoms with Crippen molar-refractivity contribution in [2.24, 2.45) is 0 Å². The van der Waals surface area contributed by atoms with Gasteiger partial charge in [-0.1, -0.05) is 25.5 Å². The molecule has 0 amide bonds. The van der Waals surface area contributed by atoms with Crippen molar-refractivity contribution < 1.29 is 0 Å². The molecule has 17 heavy (non-hydrogen) atoms. The Labute approximate surface area is 103 Å². The van der Waals surface area contributed by atoms with E-state index in [1.165, 1.54) is 17.5 Å². The summed E-state index contributed by atoms with van der Waals surface area (Å²) in [4.78, 5) is 4.28. The van der Waals surface area contributed by atoms with E-state index in [1.807, 2.05) is 18.3 Å². The van der Waals surface area contributed by atoms with Gasteiger partial charge < -0.3 is 5.32 Å². The fraction of sp³-hybridized carbons (Fsp3) is 0.267. The minimum atomic E-state index is 0.897. The van der Waals surface area contributed by atoms with E-state index >= 15 is 0 Å². The lowest BCUT2D eigenvalue weighted by Crippen LogP contribution is -1.94. The van der Waals surface area contributed by atoms with Gasteiger partial charge in [0.25, 0.3) is 0 Å². The molecular formula is C15H18N2. The summed E-state index contributed by atoms with van der Waals surface area (Å²) >= 11 is 0. The third kappa shape index (κ3) is 3.31. The molecule has 0 unspecified atom stereocenters. The fourth-order valence-electron chi connectivity index (χ4n) is 1.80. The highest BCUT2D eigenvalue weighted by Gasteiger charge is 1.96. The number of pyridine rings is 1. The van der Waals surface area contributed by atoms with Crippen LogP contribution in [0.5, 0.6) is 0 Å². The lowest BCUT2D eigenvalue weighted by molar-refractivity contribution is 0.922. The Balaban J connectivity index is 2.08. The van der Waals surface area contributed by atoms with E-state index in [0.29, 0.717) is 0 Å². The molecular weight excluding hydrogens is 208 g/mol. The van der Waals surface area contributed by atoms with Crippen LogP contribution in [0, 0.1) is 6.92 Å². The number of benzene rings is 1. The Morgan fingerprint density at radius 1 is 1.12 bits per heavy atom. The SMILES string of the molecule is CCCc1ccc(Nc2cc(C)ccn2)cc1.